The zero-order valence-corrected chi connectivity index (χ0v) is 30.5. The quantitative estimate of drug-likeness (QED) is 0.166. The molecule has 0 radical (unpaired) electrons. The Bertz CT molecular complexity index is 2390. The lowest BCUT2D eigenvalue weighted by molar-refractivity contribution is 1.29. The van der Waals surface area contributed by atoms with Gasteiger partial charge in [-0.05, 0) is 90.0 Å². The lowest BCUT2D eigenvalue weighted by Gasteiger charge is -2.30. The van der Waals surface area contributed by atoms with Gasteiger partial charge in [-0.3, -0.25) is 0 Å². The van der Waals surface area contributed by atoms with Crippen molar-refractivity contribution in [1.82, 2.24) is 0 Å². The van der Waals surface area contributed by atoms with Gasteiger partial charge >= 0.3 is 0 Å². The van der Waals surface area contributed by atoms with Gasteiger partial charge in [0.1, 0.15) is 16.1 Å². The summed E-state index contributed by atoms with van der Waals surface area (Å²) in [7, 11) is -3.78. The Morgan fingerprint density at radius 1 is 0.327 bits per heavy atom. The molecule has 2 aliphatic rings. The molecule has 0 bridgehead atoms. The van der Waals surface area contributed by atoms with Crippen LogP contribution in [0.3, 0.4) is 0 Å². The van der Waals surface area contributed by atoms with Gasteiger partial charge in [0.05, 0.1) is 5.69 Å². The van der Waals surface area contributed by atoms with Crippen molar-refractivity contribution >= 4 is 54.0 Å². The van der Waals surface area contributed by atoms with E-state index < -0.39 is 16.1 Å². The molecule has 0 atom stereocenters. The number of hydrogen-bond donors (Lipinski definition) is 0. The molecule has 0 aromatic heterocycles. The predicted molar refractivity (Wildman–Crippen MR) is 216 cm³/mol. The molecule has 0 N–H and O–H groups in total. The molecule has 3 heteroatoms. The molecule has 0 saturated carbocycles. The van der Waals surface area contributed by atoms with E-state index in [0.717, 1.165) is 0 Å². The minimum Gasteiger partial charge on any atom is -0.310 e. The normalized spacial score (nSPS) is 14.4. The molecule has 2 heterocycles. The highest BCUT2D eigenvalue weighted by molar-refractivity contribution is 7.04. The summed E-state index contributed by atoms with van der Waals surface area (Å²) in [6, 6.07) is 61.3. The number of anilines is 3. The smallest absolute Gasteiger partial charge is 0.113 e. The van der Waals surface area contributed by atoms with E-state index >= 15 is 0 Å². The molecule has 9 rings (SSSR count). The highest BCUT2D eigenvalue weighted by Crippen LogP contribution is 2.43. The molecule has 0 amide bonds. The molecule has 0 aliphatic carbocycles. The van der Waals surface area contributed by atoms with Crippen LogP contribution in [0, 0.1) is 0 Å². The van der Waals surface area contributed by atoms with E-state index in [1.807, 2.05) is 0 Å². The van der Waals surface area contributed by atoms with Gasteiger partial charge in [-0.2, -0.15) is 0 Å². The SMILES string of the molecule is C[Si]1(C)c2ccccc2-c2cc(N(c3ccc4c(c3)[Si](C)(C)c3cc(-c5ccccc5)ccc3-4)c3ccccc3-c3ccccc3)ccc21. The number of benzene rings is 7. The van der Waals surface area contributed by atoms with Crippen molar-refractivity contribution in [2.45, 2.75) is 26.2 Å². The van der Waals surface area contributed by atoms with E-state index in [1.165, 1.54) is 82.3 Å². The van der Waals surface area contributed by atoms with Gasteiger partial charge in [-0.1, -0.05) is 160 Å². The van der Waals surface area contributed by atoms with Gasteiger partial charge < -0.3 is 4.90 Å². The zero-order valence-electron chi connectivity index (χ0n) is 28.5. The van der Waals surface area contributed by atoms with Crippen molar-refractivity contribution in [3.05, 3.63) is 164 Å². The summed E-state index contributed by atoms with van der Waals surface area (Å²) in [6.07, 6.45) is 0. The molecule has 0 saturated heterocycles. The van der Waals surface area contributed by atoms with E-state index in [4.69, 9.17) is 0 Å². The summed E-state index contributed by atoms with van der Waals surface area (Å²) in [5.74, 6) is 0. The first-order chi connectivity index (χ1) is 23.8. The highest BCUT2D eigenvalue weighted by atomic mass is 28.3. The van der Waals surface area contributed by atoms with Crippen LogP contribution in [0.15, 0.2) is 164 Å². The largest absolute Gasteiger partial charge is 0.310 e. The van der Waals surface area contributed by atoms with Gasteiger partial charge in [0.25, 0.3) is 0 Å². The first kappa shape index (κ1) is 29.9. The summed E-state index contributed by atoms with van der Waals surface area (Å²) in [5, 5.41) is 6.10. The van der Waals surface area contributed by atoms with E-state index in [-0.39, 0.29) is 0 Å². The van der Waals surface area contributed by atoms with E-state index in [0.29, 0.717) is 0 Å². The second kappa shape index (κ2) is 11.2. The summed E-state index contributed by atoms with van der Waals surface area (Å²) in [4.78, 5) is 2.52. The summed E-state index contributed by atoms with van der Waals surface area (Å²) < 4.78 is 0. The summed E-state index contributed by atoms with van der Waals surface area (Å²) in [5.41, 5.74) is 14.2. The molecule has 49 heavy (non-hydrogen) atoms. The van der Waals surface area contributed by atoms with Crippen LogP contribution in [-0.4, -0.2) is 16.1 Å². The van der Waals surface area contributed by atoms with Gasteiger partial charge in [0, 0.05) is 16.9 Å². The van der Waals surface area contributed by atoms with E-state index in [2.05, 4.69) is 195 Å². The standard InChI is InChI=1S/C46H39NSi2/c1-48(2)43-22-14-12-20-38(43)41-30-35(25-28-44(41)48)47(42-21-13-11-19-37(42)33-17-9-6-10-18-33)36-24-27-40-39-26-23-34(32-15-7-5-8-16-32)29-45(39)49(3,4)46(40)31-36/h5-31H,1-4H3. The second-order valence-corrected chi connectivity index (χ2v) is 23.3. The molecule has 1 nitrogen and oxygen atoms in total. The third kappa shape index (κ3) is 4.64. The van der Waals surface area contributed by atoms with Crippen molar-refractivity contribution in [2.24, 2.45) is 0 Å². The van der Waals surface area contributed by atoms with Crippen molar-refractivity contribution < 1.29 is 0 Å². The Morgan fingerprint density at radius 3 is 1.59 bits per heavy atom. The average Bonchev–Trinajstić information content (AvgIpc) is 3.51. The van der Waals surface area contributed by atoms with Gasteiger partial charge in [-0.15, -0.1) is 0 Å². The molecule has 7 aromatic rings. The van der Waals surface area contributed by atoms with E-state index in [1.54, 1.807) is 0 Å². The first-order valence-corrected chi connectivity index (χ1v) is 23.4. The first-order valence-electron chi connectivity index (χ1n) is 17.4. The Kier molecular flexibility index (Phi) is 6.81. The maximum atomic E-state index is 2.53. The monoisotopic (exact) mass is 661 g/mol. The van der Waals surface area contributed by atoms with Crippen LogP contribution in [0.2, 0.25) is 26.2 Å². The lowest BCUT2D eigenvalue weighted by Crippen LogP contribution is -2.49. The van der Waals surface area contributed by atoms with Crippen LogP contribution in [0.1, 0.15) is 0 Å². The second-order valence-electron chi connectivity index (χ2n) is 14.6. The fraction of sp³-hybridized carbons (Fsp3) is 0.0870. The third-order valence-corrected chi connectivity index (χ3v) is 18.2. The predicted octanol–water partition coefficient (Wildman–Crippen LogP) is 10.1. The van der Waals surface area contributed by atoms with Gasteiger partial charge in [0.2, 0.25) is 0 Å². The highest BCUT2D eigenvalue weighted by Gasteiger charge is 2.39. The van der Waals surface area contributed by atoms with Crippen LogP contribution in [0.25, 0.3) is 44.5 Å². The van der Waals surface area contributed by atoms with Gasteiger partial charge in [0.15, 0.2) is 0 Å². The number of rotatable bonds is 5. The molecule has 7 aromatic carbocycles. The zero-order chi connectivity index (χ0) is 33.3. The summed E-state index contributed by atoms with van der Waals surface area (Å²) >= 11 is 0. The van der Waals surface area contributed by atoms with Gasteiger partial charge in [-0.25, -0.2) is 0 Å². The maximum Gasteiger partial charge on any atom is 0.113 e. The number of nitrogens with zero attached hydrogens (tertiary/aromatic N) is 1. The van der Waals surface area contributed by atoms with Crippen LogP contribution in [0.4, 0.5) is 17.1 Å². The van der Waals surface area contributed by atoms with E-state index in [9.17, 15) is 0 Å². The molecule has 0 fully saturated rings. The van der Waals surface area contributed by atoms with Crippen LogP contribution in [-0.2, 0) is 0 Å². The Morgan fingerprint density at radius 2 is 0.837 bits per heavy atom. The molecular formula is C46H39NSi2. The lowest BCUT2D eigenvalue weighted by atomic mass is 9.99. The van der Waals surface area contributed by atoms with Crippen LogP contribution in [0.5, 0.6) is 0 Å². The fourth-order valence-corrected chi connectivity index (χ4v) is 14.7. The fourth-order valence-electron chi connectivity index (χ4n) is 8.48. The maximum absolute atomic E-state index is 2.53. The van der Waals surface area contributed by atoms with Crippen LogP contribution < -0.4 is 25.6 Å². The Hall–Kier alpha value is -5.23. The molecule has 0 unspecified atom stereocenters. The topological polar surface area (TPSA) is 3.24 Å². The minimum atomic E-state index is -2.01. The Balaban J connectivity index is 1.24. The number of fused-ring (bicyclic) bond motifs is 6. The number of para-hydroxylation sites is 1. The summed E-state index contributed by atoms with van der Waals surface area (Å²) in [6.45, 7) is 10.0. The van der Waals surface area contributed by atoms with Crippen molar-refractivity contribution in [3.63, 3.8) is 0 Å². The molecule has 236 valence electrons. The van der Waals surface area contributed by atoms with Crippen LogP contribution >= 0.6 is 0 Å². The number of hydrogen-bond acceptors (Lipinski definition) is 1. The molecule has 2 aliphatic heterocycles. The molecule has 0 spiro atoms. The molecular weight excluding hydrogens is 623 g/mol. The van der Waals surface area contributed by atoms with Crippen molar-refractivity contribution in [3.8, 4) is 44.5 Å². The Labute approximate surface area is 292 Å². The van der Waals surface area contributed by atoms with Crippen molar-refractivity contribution in [2.75, 3.05) is 4.90 Å². The minimum absolute atomic E-state index is 1.19. The average molecular weight is 662 g/mol. The van der Waals surface area contributed by atoms with Crippen molar-refractivity contribution in [1.29, 1.82) is 0 Å². The third-order valence-electron chi connectivity index (χ3n) is 11.1.